The molecule has 0 bridgehead atoms. The second-order valence-corrected chi connectivity index (χ2v) is 5.03. The predicted octanol–water partition coefficient (Wildman–Crippen LogP) is 4.49. The van der Waals surface area contributed by atoms with Gasteiger partial charge in [-0.3, -0.25) is 4.98 Å². The molecule has 0 unspecified atom stereocenters. The lowest BCUT2D eigenvalue weighted by Gasteiger charge is -2.08. The van der Waals surface area contributed by atoms with Crippen LogP contribution < -0.4 is 0 Å². The van der Waals surface area contributed by atoms with Crippen LogP contribution in [0.2, 0.25) is 0 Å². The smallest absolute Gasteiger partial charge is 0.0572 e. The van der Waals surface area contributed by atoms with Crippen molar-refractivity contribution in [2.75, 3.05) is 0 Å². The predicted molar refractivity (Wildman–Crippen MR) is 83.3 cm³/mol. The Kier molecular flexibility index (Phi) is 2.36. The molecule has 0 amide bonds. The van der Waals surface area contributed by atoms with Crippen molar-refractivity contribution in [3.05, 3.63) is 72.6 Å². The number of benzene rings is 2. The van der Waals surface area contributed by atoms with Gasteiger partial charge in [0.2, 0.25) is 0 Å². The van der Waals surface area contributed by atoms with E-state index < -0.39 is 0 Å². The highest BCUT2D eigenvalue weighted by molar-refractivity contribution is 6.09. The van der Waals surface area contributed by atoms with Crippen LogP contribution >= 0.6 is 0 Å². The van der Waals surface area contributed by atoms with Gasteiger partial charge >= 0.3 is 0 Å². The average molecular weight is 258 g/mol. The maximum absolute atomic E-state index is 4.29. The third kappa shape index (κ3) is 1.48. The molecule has 0 aliphatic carbocycles. The lowest BCUT2D eigenvalue weighted by molar-refractivity contribution is 1.16. The summed E-state index contributed by atoms with van der Waals surface area (Å²) in [7, 11) is 0. The van der Waals surface area contributed by atoms with E-state index in [1.54, 1.807) is 0 Å². The second-order valence-electron chi connectivity index (χ2n) is 5.03. The van der Waals surface area contributed by atoms with E-state index in [9.17, 15) is 0 Å². The van der Waals surface area contributed by atoms with Gasteiger partial charge in [-0.1, -0.05) is 36.4 Å². The van der Waals surface area contributed by atoms with Crippen LogP contribution in [0.3, 0.4) is 0 Å². The van der Waals surface area contributed by atoms with Gasteiger partial charge in [-0.15, -0.1) is 0 Å². The maximum Gasteiger partial charge on any atom is 0.0572 e. The fourth-order valence-electron chi connectivity index (χ4n) is 2.93. The molecule has 2 heterocycles. The van der Waals surface area contributed by atoms with Crippen molar-refractivity contribution in [1.82, 2.24) is 9.55 Å². The number of rotatable bonds is 1. The molecule has 4 aromatic rings. The lowest BCUT2D eigenvalue weighted by Crippen LogP contribution is -1.94. The first-order valence-corrected chi connectivity index (χ1v) is 6.75. The van der Waals surface area contributed by atoms with Crippen LogP contribution in [-0.4, -0.2) is 9.55 Å². The molecule has 0 aliphatic rings. The average Bonchev–Trinajstić information content (AvgIpc) is 2.84. The van der Waals surface area contributed by atoms with Crippen molar-refractivity contribution >= 4 is 21.8 Å². The molecule has 2 heteroatoms. The molecular formula is C18H14N2. The van der Waals surface area contributed by atoms with Gasteiger partial charge in [0.05, 0.1) is 11.0 Å². The molecule has 0 aliphatic heterocycles. The Hall–Kier alpha value is -2.61. The lowest BCUT2D eigenvalue weighted by atomic mass is 10.1. The van der Waals surface area contributed by atoms with Crippen LogP contribution in [-0.2, 0) is 0 Å². The van der Waals surface area contributed by atoms with Crippen molar-refractivity contribution in [1.29, 1.82) is 0 Å². The minimum atomic E-state index is 1.19. The standard InChI is InChI=1S/C18H14N2/c1-13-6-5-9-15-16-12-19-11-10-17(16)20(18(13)15)14-7-3-2-4-8-14/h2-12H,1H3. The minimum absolute atomic E-state index is 1.19. The van der Waals surface area contributed by atoms with E-state index in [-0.39, 0.29) is 0 Å². The molecule has 0 spiro atoms. The van der Waals surface area contributed by atoms with Gasteiger partial charge in [0.25, 0.3) is 0 Å². The minimum Gasteiger partial charge on any atom is -0.309 e. The van der Waals surface area contributed by atoms with Gasteiger partial charge in [0.15, 0.2) is 0 Å². The van der Waals surface area contributed by atoms with Crippen LogP contribution in [0.1, 0.15) is 5.56 Å². The summed E-state index contributed by atoms with van der Waals surface area (Å²) < 4.78 is 2.32. The molecule has 96 valence electrons. The molecule has 0 saturated carbocycles. The van der Waals surface area contributed by atoms with Crippen LogP contribution in [0.4, 0.5) is 0 Å². The molecule has 0 atom stereocenters. The number of hydrogen-bond donors (Lipinski definition) is 0. The van der Waals surface area contributed by atoms with Crippen molar-refractivity contribution < 1.29 is 0 Å². The Morgan fingerprint density at radius 1 is 0.850 bits per heavy atom. The Morgan fingerprint density at radius 2 is 1.70 bits per heavy atom. The first-order chi connectivity index (χ1) is 9.86. The molecule has 4 rings (SSSR count). The Labute approximate surface area is 117 Å². The van der Waals surface area contributed by atoms with Gasteiger partial charge in [-0.25, -0.2) is 0 Å². The van der Waals surface area contributed by atoms with Crippen LogP contribution in [0.5, 0.6) is 0 Å². The van der Waals surface area contributed by atoms with E-state index in [4.69, 9.17) is 0 Å². The van der Waals surface area contributed by atoms with Crippen LogP contribution in [0.15, 0.2) is 67.0 Å². The molecular weight excluding hydrogens is 244 g/mol. The van der Waals surface area contributed by atoms with Crippen LogP contribution in [0, 0.1) is 6.92 Å². The molecule has 2 aromatic heterocycles. The first kappa shape index (κ1) is 11.2. The van der Waals surface area contributed by atoms with Crippen LogP contribution in [0.25, 0.3) is 27.5 Å². The topological polar surface area (TPSA) is 17.8 Å². The SMILES string of the molecule is Cc1cccc2c3cnccc3n(-c3ccccc3)c12. The number of aromatic nitrogens is 2. The Morgan fingerprint density at radius 3 is 2.55 bits per heavy atom. The van der Waals surface area contributed by atoms with E-state index in [2.05, 4.69) is 65.0 Å². The molecule has 0 N–H and O–H groups in total. The summed E-state index contributed by atoms with van der Waals surface area (Å²) >= 11 is 0. The largest absolute Gasteiger partial charge is 0.309 e. The molecule has 2 aromatic carbocycles. The molecule has 0 fully saturated rings. The zero-order valence-electron chi connectivity index (χ0n) is 11.2. The van der Waals surface area contributed by atoms with Gasteiger partial charge in [-0.2, -0.15) is 0 Å². The van der Waals surface area contributed by atoms with Gasteiger partial charge in [0.1, 0.15) is 0 Å². The Bertz CT molecular complexity index is 905. The number of para-hydroxylation sites is 2. The maximum atomic E-state index is 4.29. The van der Waals surface area contributed by atoms with Gasteiger partial charge in [0, 0.05) is 28.9 Å². The first-order valence-electron chi connectivity index (χ1n) is 6.75. The zero-order chi connectivity index (χ0) is 13.5. The summed E-state index contributed by atoms with van der Waals surface area (Å²) in [5, 5.41) is 2.46. The Balaban J connectivity index is 2.27. The van der Waals surface area contributed by atoms with E-state index >= 15 is 0 Å². The fraction of sp³-hybridized carbons (Fsp3) is 0.0556. The van der Waals surface area contributed by atoms with E-state index in [1.165, 1.54) is 33.1 Å². The third-order valence-corrected chi connectivity index (χ3v) is 3.80. The van der Waals surface area contributed by atoms with Crippen molar-refractivity contribution in [3.8, 4) is 5.69 Å². The summed E-state index contributed by atoms with van der Waals surface area (Å²) in [5.41, 5.74) is 4.94. The highest BCUT2D eigenvalue weighted by Crippen LogP contribution is 2.32. The fourth-order valence-corrected chi connectivity index (χ4v) is 2.93. The van der Waals surface area contributed by atoms with E-state index in [0.717, 1.165) is 0 Å². The number of nitrogens with zero attached hydrogens (tertiary/aromatic N) is 2. The highest BCUT2D eigenvalue weighted by Gasteiger charge is 2.13. The normalized spacial score (nSPS) is 11.2. The van der Waals surface area contributed by atoms with E-state index in [0.29, 0.717) is 0 Å². The van der Waals surface area contributed by atoms with Gasteiger partial charge < -0.3 is 4.57 Å². The summed E-state index contributed by atoms with van der Waals surface area (Å²) in [6.07, 6.45) is 3.81. The van der Waals surface area contributed by atoms with Crippen molar-refractivity contribution in [2.24, 2.45) is 0 Å². The van der Waals surface area contributed by atoms with Crippen molar-refractivity contribution in [3.63, 3.8) is 0 Å². The second kappa shape index (κ2) is 4.20. The van der Waals surface area contributed by atoms with Crippen molar-refractivity contribution in [2.45, 2.75) is 6.92 Å². The third-order valence-electron chi connectivity index (χ3n) is 3.80. The van der Waals surface area contributed by atoms with Gasteiger partial charge in [-0.05, 0) is 30.7 Å². The number of fused-ring (bicyclic) bond motifs is 3. The summed E-state index contributed by atoms with van der Waals surface area (Å²) in [5.74, 6) is 0. The molecule has 2 nitrogen and oxygen atoms in total. The number of pyridine rings is 1. The number of hydrogen-bond acceptors (Lipinski definition) is 1. The summed E-state index contributed by atoms with van der Waals surface area (Å²) in [6, 6.07) is 19.0. The molecule has 0 radical (unpaired) electrons. The summed E-state index contributed by atoms with van der Waals surface area (Å²) in [6.45, 7) is 2.16. The number of aryl methyl sites for hydroxylation is 1. The summed E-state index contributed by atoms with van der Waals surface area (Å²) in [4.78, 5) is 4.29. The monoisotopic (exact) mass is 258 g/mol. The quantitative estimate of drug-likeness (QED) is 0.492. The van der Waals surface area contributed by atoms with E-state index in [1.807, 2.05) is 18.5 Å². The highest BCUT2D eigenvalue weighted by atomic mass is 15.0. The molecule has 20 heavy (non-hydrogen) atoms. The molecule has 0 saturated heterocycles. The zero-order valence-corrected chi connectivity index (χ0v) is 11.2.